The molecule has 0 amide bonds. The lowest BCUT2D eigenvalue weighted by Crippen LogP contribution is -2.44. The van der Waals surface area contributed by atoms with Crippen molar-refractivity contribution in [3.05, 3.63) is 35.4 Å². The molecule has 5 nitrogen and oxygen atoms in total. The number of benzene rings is 1. The van der Waals surface area contributed by atoms with Crippen molar-refractivity contribution in [2.45, 2.75) is 20.0 Å². The average Bonchev–Trinajstić information content (AvgIpc) is 2.53. The van der Waals surface area contributed by atoms with Crippen molar-refractivity contribution in [3.63, 3.8) is 0 Å². The fourth-order valence-electron chi connectivity index (χ4n) is 2.31. The number of ether oxygens (including phenoxy) is 1. The molecule has 0 saturated carbocycles. The van der Waals surface area contributed by atoms with E-state index in [9.17, 15) is 0 Å². The highest BCUT2D eigenvalue weighted by atomic mass is 16.5. The monoisotopic (exact) mass is 290 g/mol. The summed E-state index contributed by atoms with van der Waals surface area (Å²) in [4.78, 5) is 8.87. The molecule has 1 aromatic carbocycles. The van der Waals surface area contributed by atoms with E-state index >= 15 is 0 Å². The summed E-state index contributed by atoms with van der Waals surface area (Å²) in [5, 5.41) is 0. The molecule has 0 aromatic heterocycles. The molecule has 0 radical (unpaired) electrons. The van der Waals surface area contributed by atoms with E-state index in [0.29, 0.717) is 12.5 Å². The Labute approximate surface area is 127 Å². The van der Waals surface area contributed by atoms with E-state index in [1.807, 2.05) is 0 Å². The highest BCUT2D eigenvalue weighted by Crippen LogP contribution is 2.09. The Balaban J connectivity index is 1.94. The quantitative estimate of drug-likeness (QED) is 0.656. The number of nitrogens with zero attached hydrogens (tertiary/aromatic N) is 3. The zero-order valence-electron chi connectivity index (χ0n) is 13.1. The van der Waals surface area contributed by atoms with Gasteiger partial charge in [0.15, 0.2) is 5.96 Å². The van der Waals surface area contributed by atoms with Gasteiger partial charge >= 0.3 is 0 Å². The molecular formula is C16H26N4O. The lowest BCUT2D eigenvalue weighted by Gasteiger charge is -2.27. The van der Waals surface area contributed by atoms with Gasteiger partial charge in [-0.1, -0.05) is 31.2 Å². The van der Waals surface area contributed by atoms with Gasteiger partial charge in [0, 0.05) is 19.6 Å². The van der Waals surface area contributed by atoms with Gasteiger partial charge in [-0.25, -0.2) is 4.99 Å². The Morgan fingerprint density at radius 3 is 2.76 bits per heavy atom. The molecule has 1 aliphatic rings. The molecule has 1 heterocycles. The van der Waals surface area contributed by atoms with Crippen LogP contribution in [0.5, 0.6) is 0 Å². The maximum Gasteiger partial charge on any atom is 0.191 e. The molecule has 0 unspecified atom stereocenters. The number of nitrogens with two attached hydrogens (primary N) is 1. The highest BCUT2D eigenvalue weighted by Gasteiger charge is 2.11. The van der Waals surface area contributed by atoms with E-state index in [2.05, 4.69) is 53.0 Å². The zero-order chi connectivity index (χ0) is 15.1. The van der Waals surface area contributed by atoms with Gasteiger partial charge in [-0.15, -0.1) is 0 Å². The van der Waals surface area contributed by atoms with Crippen LogP contribution in [0.2, 0.25) is 0 Å². The SMILES string of the molecule is CCN(C)Cc1cccc(CN=C(N)N2CCOCC2)c1. The molecule has 1 saturated heterocycles. The molecule has 0 aliphatic carbocycles. The predicted octanol–water partition coefficient (Wildman–Crippen LogP) is 1.29. The van der Waals surface area contributed by atoms with E-state index in [1.165, 1.54) is 11.1 Å². The van der Waals surface area contributed by atoms with Crippen LogP contribution < -0.4 is 5.73 Å². The van der Waals surface area contributed by atoms with Gasteiger partial charge in [0.05, 0.1) is 19.8 Å². The molecule has 1 fully saturated rings. The summed E-state index contributed by atoms with van der Waals surface area (Å²) in [5.74, 6) is 0.620. The summed E-state index contributed by atoms with van der Waals surface area (Å²) >= 11 is 0. The summed E-state index contributed by atoms with van der Waals surface area (Å²) < 4.78 is 5.32. The summed E-state index contributed by atoms with van der Waals surface area (Å²) in [6, 6.07) is 8.56. The largest absolute Gasteiger partial charge is 0.378 e. The van der Waals surface area contributed by atoms with Gasteiger partial charge in [-0.2, -0.15) is 0 Å². The van der Waals surface area contributed by atoms with Crippen LogP contribution in [0.1, 0.15) is 18.1 Å². The number of morpholine rings is 1. The number of hydrogen-bond donors (Lipinski definition) is 1. The molecule has 1 aliphatic heterocycles. The third-order valence-corrected chi connectivity index (χ3v) is 3.74. The van der Waals surface area contributed by atoms with Gasteiger partial charge in [-0.3, -0.25) is 0 Å². The van der Waals surface area contributed by atoms with E-state index in [0.717, 1.165) is 39.4 Å². The third kappa shape index (κ3) is 5.02. The van der Waals surface area contributed by atoms with E-state index < -0.39 is 0 Å². The van der Waals surface area contributed by atoms with Crippen molar-refractivity contribution in [2.24, 2.45) is 10.7 Å². The molecule has 5 heteroatoms. The van der Waals surface area contributed by atoms with Crippen molar-refractivity contribution in [3.8, 4) is 0 Å². The van der Waals surface area contributed by atoms with Crippen LogP contribution in [-0.4, -0.2) is 55.7 Å². The summed E-state index contributed by atoms with van der Waals surface area (Å²) in [5.41, 5.74) is 8.57. The lowest BCUT2D eigenvalue weighted by atomic mass is 10.1. The van der Waals surface area contributed by atoms with E-state index in [4.69, 9.17) is 10.5 Å². The average molecular weight is 290 g/mol. The van der Waals surface area contributed by atoms with Crippen LogP contribution in [-0.2, 0) is 17.8 Å². The molecule has 21 heavy (non-hydrogen) atoms. The molecule has 2 N–H and O–H groups in total. The zero-order valence-corrected chi connectivity index (χ0v) is 13.1. The van der Waals surface area contributed by atoms with Gasteiger partial charge in [0.25, 0.3) is 0 Å². The molecule has 0 atom stereocenters. The molecule has 116 valence electrons. The van der Waals surface area contributed by atoms with E-state index in [-0.39, 0.29) is 0 Å². The second-order valence-electron chi connectivity index (χ2n) is 5.42. The number of hydrogen-bond acceptors (Lipinski definition) is 3. The first kappa shape index (κ1) is 15.8. The number of aliphatic imine (C=N–C) groups is 1. The van der Waals surface area contributed by atoms with Crippen LogP contribution in [0.4, 0.5) is 0 Å². The summed E-state index contributed by atoms with van der Waals surface area (Å²) in [7, 11) is 2.13. The normalized spacial score (nSPS) is 16.5. The molecule has 1 aromatic rings. The highest BCUT2D eigenvalue weighted by molar-refractivity contribution is 5.78. The van der Waals surface area contributed by atoms with Crippen molar-refractivity contribution >= 4 is 5.96 Å². The van der Waals surface area contributed by atoms with Crippen LogP contribution in [0, 0.1) is 0 Å². The van der Waals surface area contributed by atoms with Crippen molar-refractivity contribution in [1.29, 1.82) is 0 Å². The van der Waals surface area contributed by atoms with Crippen molar-refractivity contribution in [2.75, 3.05) is 39.9 Å². The van der Waals surface area contributed by atoms with Gasteiger partial charge in [0.1, 0.15) is 0 Å². The first-order valence-corrected chi connectivity index (χ1v) is 7.58. The third-order valence-electron chi connectivity index (χ3n) is 3.74. The Morgan fingerprint density at radius 2 is 2.05 bits per heavy atom. The molecule has 0 spiro atoms. The first-order valence-electron chi connectivity index (χ1n) is 7.58. The fourth-order valence-corrected chi connectivity index (χ4v) is 2.31. The summed E-state index contributed by atoms with van der Waals surface area (Å²) in [6.07, 6.45) is 0. The minimum absolute atomic E-state index is 0.620. The second-order valence-corrected chi connectivity index (χ2v) is 5.42. The minimum Gasteiger partial charge on any atom is -0.378 e. The van der Waals surface area contributed by atoms with E-state index in [1.54, 1.807) is 0 Å². The molecule has 2 rings (SSSR count). The lowest BCUT2D eigenvalue weighted by molar-refractivity contribution is 0.0674. The molecule has 0 bridgehead atoms. The smallest absolute Gasteiger partial charge is 0.191 e. The Kier molecular flexibility index (Phi) is 6.02. The molecular weight excluding hydrogens is 264 g/mol. The maximum atomic E-state index is 6.05. The van der Waals surface area contributed by atoms with Crippen molar-refractivity contribution < 1.29 is 4.74 Å². The second kappa shape index (κ2) is 8.00. The van der Waals surface area contributed by atoms with Crippen LogP contribution in [0.3, 0.4) is 0 Å². The van der Waals surface area contributed by atoms with Crippen LogP contribution in [0.25, 0.3) is 0 Å². The maximum absolute atomic E-state index is 6.05. The van der Waals surface area contributed by atoms with Crippen LogP contribution in [0.15, 0.2) is 29.3 Å². The minimum atomic E-state index is 0.620. The topological polar surface area (TPSA) is 54.1 Å². The van der Waals surface area contributed by atoms with Gasteiger partial charge < -0.3 is 20.3 Å². The van der Waals surface area contributed by atoms with Crippen molar-refractivity contribution in [1.82, 2.24) is 9.80 Å². The Bertz CT molecular complexity index is 469. The standard InChI is InChI=1S/C16H26N4O/c1-3-19(2)13-15-6-4-5-14(11-15)12-18-16(17)20-7-9-21-10-8-20/h4-6,11H,3,7-10,12-13H2,1-2H3,(H2,17,18). The van der Waals surface area contributed by atoms with Crippen LogP contribution >= 0.6 is 0 Å². The summed E-state index contributed by atoms with van der Waals surface area (Å²) in [6.45, 7) is 7.93. The number of rotatable bonds is 5. The van der Waals surface area contributed by atoms with Gasteiger partial charge in [-0.05, 0) is 24.7 Å². The number of guanidine groups is 1. The fraction of sp³-hybridized carbons (Fsp3) is 0.562. The Morgan fingerprint density at radius 1 is 1.33 bits per heavy atom. The predicted molar refractivity (Wildman–Crippen MR) is 86.2 cm³/mol. The first-order chi connectivity index (χ1) is 10.2. The Hall–Kier alpha value is -1.59. The van der Waals surface area contributed by atoms with Gasteiger partial charge in [0.2, 0.25) is 0 Å².